The van der Waals surface area contributed by atoms with E-state index in [1.165, 1.54) is 23.9 Å². The van der Waals surface area contributed by atoms with Crippen LogP contribution in [0.3, 0.4) is 0 Å². The van der Waals surface area contributed by atoms with Gasteiger partial charge in [-0.1, -0.05) is 23.5 Å². The molecule has 2 N–H and O–H groups in total. The van der Waals surface area contributed by atoms with Crippen LogP contribution in [0.5, 0.6) is 11.5 Å². The summed E-state index contributed by atoms with van der Waals surface area (Å²) >= 11 is 2.64. The zero-order valence-corrected chi connectivity index (χ0v) is 22.6. The minimum Gasteiger partial charge on any atom is -0.504 e. The average Bonchev–Trinajstić information content (AvgIpc) is 3.64. The second kappa shape index (κ2) is 8.87. The lowest BCUT2D eigenvalue weighted by Crippen LogP contribution is -2.42. The van der Waals surface area contributed by atoms with Gasteiger partial charge in [0, 0.05) is 16.0 Å². The molecule has 3 aromatic rings. The summed E-state index contributed by atoms with van der Waals surface area (Å²) in [5.74, 6) is -2.58. The molecule has 12 heteroatoms. The Kier molecular flexibility index (Phi) is 5.70. The highest BCUT2D eigenvalue weighted by atomic mass is 32.2. The van der Waals surface area contributed by atoms with E-state index in [1.807, 2.05) is 6.92 Å². The van der Waals surface area contributed by atoms with Crippen molar-refractivity contribution in [1.82, 2.24) is 4.98 Å². The van der Waals surface area contributed by atoms with Gasteiger partial charge in [0.1, 0.15) is 0 Å². The number of thioether (sulfide) groups is 1. The van der Waals surface area contributed by atoms with Gasteiger partial charge in [0.05, 0.1) is 34.7 Å². The number of hydrogen-bond acceptors (Lipinski definition) is 7. The Morgan fingerprint density at radius 2 is 1.82 bits per heavy atom. The molecule has 7 nitrogen and oxygen atoms in total. The number of benzene rings is 2. The van der Waals surface area contributed by atoms with Crippen molar-refractivity contribution >= 4 is 40.6 Å². The molecule has 208 valence electrons. The Balaban J connectivity index is 1.30. The maximum Gasteiger partial charge on any atom is 0.416 e. The number of imide groups is 1. The fourth-order valence-corrected chi connectivity index (χ4v) is 10.4. The number of halogens is 3. The number of phenolic OH excluding ortho intramolecular Hbond substituents is 1. The van der Waals surface area contributed by atoms with Crippen LogP contribution in [0.15, 0.2) is 52.3 Å². The fraction of sp³-hybridized carbons (Fsp3) is 0.393. The number of ether oxygens (including phenoxy) is 1. The number of H-pyrrole nitrogens is 1. The van der Waals surface area contributed by atoms with Crippen molar-refractivity contribution in [1.29, 1.82) is 0 Å². The number of aromatic amines is 1. The van der Waals surface area contributed by atoms with Crippen LogP contribution in [0, 0.1) is 29.6 Å². The smallest absolute Gasteiger partial charge is 0.416 e. The van der Waals surface area contributed by atoms with Crippen LogP contribution in [-0.4, -0.2) is 33.8 Å². The molecule has 2 aromatic carbocycles. The molecular weight excluding hydrogens is 565 g/mol. The standard InChI is InChI=1S/C28H23F3N2O5S2/c1-2-38-17-8-11(6-7-16(17)34)18-19-14-10-15(22(19)39-24-23(18)40-27(37)32-24)21-20(14)25(35)33(26(21)36)13-5-3-4-12(9-13)28(29,30)31/h3-9,14-15,18-22,34H,2,10H2,1H3,(H,32,37)/t14?,15?,18-,19?,20?,21?,22?/m1/s1. The molecule has 2 amide bonds. The van der Waals surface area contributed by atoms with Gasteiger partial charge < -0.3 is 14.8 Å². The van der Waals surface area contributed by atoms with Gasteiger partial charge in [0.25, 0.3) is 0 Å². The summed E-state index contributed by atoms with van der Waals surface area (Å²) in [5.41, 5.74) is -0.140. The quantitative estimate of drug-likeness (QED) is 0.405. The Hall–Kier alpha value is -3.25. The zero-order chi connectivity index (χ0) is 28.1. The average molecular weight is 589 g/mol. The van der Waals surface area contributed by atoms with Crippen LogP contribution >= 0.6 is 23.1 Å². The van der Waals surface area contributed by atoms with E-state index in [4.69, 9.17) is 4.74 Å². The second-order valence-corrected chi connectivity index (χ2v) is 12.9. The number of nitrogens with zero attached hydrogens (tertiary/aromatic N) is 1. The van der Waals surface area contributed by atoms with Gasteiger partial charge in [0.15, 0.2) is 11.5 Å². The number of nitrogens with one attached hydrogen (secondary N) is 1. The van der Waals surface area contributed by atoms with E-state index < -0.39 is 35.4 Å². The predicted molar refractivity (Wildman–Crippen MR) is 142 cm³/mol. The molecule has 3 heterocycles. The lowest BCUT2D eigenvalue weighted by molar-refractivity contribution is -0.137. The van der Waals surface area contributed by atoms with E-state index in [0.29, 0.717) is 18.8 Å². The second-order valence-electron chi connectivity index (χ2n) is 10.7. The summed E-state index contributed by atoms with van der Waals surface area (Å²) < 4.78 is 45.9. The number of rotatable bonds is 4. The maximum absolute atomic E-state index is 13.8. The van der Waals surface area contributed by atoms with Gasteiger partial charge in [-0.05, 0) is 67.0 Å². The van der Waals surface area contributed by atoms with Crippen LogP contribution in [0.2, 0.25) is 0 Å². The largest absolute Gasteiger partial charge is 0.504 e. The number of carbonyl (C=O) groups excluding carboxylic acids is 2. The summed E-state index contributed by atoms with van der Waals surface area (Å²) in [6.45, 7) is 2.16. The van der Waals surface area contributed by atoms with Crippen molar-refractivity contribution in [2.75, 3.05) is 11.5 Å². The lowest BCUT2D eigenvalue weighted by Gasteiger charge is -2.43. The SMILES string of the molecule is CCOc1cc([C@H]2c3sc(=O)[nH]c3SC3C4CC(C5C(=O)N(c6cccc(C(F)(F)F)c6)C(=O)C45)C32)ccc1O. The molecule has 2 aliphatic heterocycles. The first-order valence-corrected chi connectivity index (χ1v) is 14.7. The third kappa shape index (κ3) is 3.61. The number of alkyl halides is 3. The molecule has 2 saturated carbocycles. The zero-order valence-electron chi connectivity index (χ0n) is 21.0. The Labute approximate surface area is 234 Å². The summed E-state index contributed by atoms with van der Waals surface area (Å²) in [6.07, 6.45) is -3.95. The molecule has 6 unspecified atom stereocenters. The van der Waals surface area contributed by atoms with Crippen molar-refractivity contribution in [2.45, 2.75) is 35.7 Å². The normalized spacial score (nSPS) is 30.4. The Morgan fingerprint density at radius 1 is 1.07 bits per heavy atom. The Bertz CT molecular complexity index is 1620. The molecule has 1 saturated heterocycles. The molecule has 7 atom stereocenters. The highest BCUT2D eigenvalue weighted by Gasteiger charge is 2.69. The van der Waals surface area contributed by atoms with Crippen molar-refractivity contribution in [3.63, 3.8) is 0 Å². The van der Waals surface area contributed by atoms with E-state index in [9.17, 15) is 32.7 Å². The van der Waals surface area contributed by atoms with Gasteiger partial charge in [-0.25, -0.2) is 0 Å². The van der Waals surface area contributed by atoms with E-state index in [1.54, 1.807) is 18.2 Å². The molecular formula is C28H23F3N2O5S2. The molecule has 40 heavy (non-hydrogen) atoms. The minimum absolute atomic E-state index is 0.00360. The van der Waals surface area contributed by atoms with Crippen LogP contribution < -0.4 is 14.5 Å². The number of aromatic hydroxyl groups is 1. The number of amides is 2. The lowest BCUT2D eigenvalue weighted by atomic mass is 9.68. The summed E-state index contributed by atoms with van der Waals surface area (Å²) in [6, 6.07) is 9.48. The van der Waals surface area contributed by atoms with Gasteiger partial charge in [-0.3, -0.25) is 19.3 Å². The topological polar surface area (TPSA) is 99.7 Å². The van der Waals surface area contributed by atoms with Crippen molar-refractivity contribution in [3.05, 3.63) is 68.1 Å². The fourth-order valence-electron chi connectivity index (χ4n) is 7.46. The molecule has 2 aliphatic carbocycles. The number of phenols is 1. The number of carbonyl (C=O) groups is 2. The first kappa shape index (κ1) is 25.7. The van der Waals surface area contributed by atoms with Gasteiger partial charge in [-0.2, -0.15) is 13.2 Å². The number of aromatic nitrogens is 1. The van der Waals surface area contributed by atoms with E-state index in [2.05, 4.69) is 4.98 Å². The molecule has 3 fully saturated rings. The predicted octanol–water partition coefficient (Wildman–Crippen LogP) is 5.24. The van der Waals surface area contributed by atoms with Crippen LogP contribution in [0.1, 0.15) is 35.3 Å². The van der Waals surface area contributed by atoms with Crippen LogP contribution in [0.25, 0.3) is 0 Å². The Morgan fingerprint density at radius 3 is 2.55 bits per heavy atom. The number of hydrogen-bond donors (Lipinski definition) is 2. The summed E-state index contributed by atoms with van der Waals surface area (Å²) in [5, 5.41) is 11.0. The molecule has 2 bridgehead atoms. The first-order valence-electron chi connectivity index (χ1n) is 13.0. The first-order chi connectivity index (χ1) is 19.1. The van der Waals surface area contributed by atoms with Gasteiger partial charge >= 0.3 is 11.0 Å². The molecule has 0 radical (unpaired) electrons. The molecule has 1 aromatic heterocycles. The third-order valence-electron chi connectivity index (χ3n) is 8.80. The highest BCUT2D eigenvalue weighted by molar-refractivity contribution is 8.00. The maximum atomic E-state index is 13.8. The number of thiazole rings is 1. The number of anilines is 1. The van der Waals surface area contributed by atoms with Gasteiger partial charge in [-0.15, -0.1) is 11.8 Å². The van der Waals surface area contributed by atoms with E-state index in [-0.39, 0.29) is 45.2 Å². The highest BCUT2D eigenvalue weighted by Crippen LogP contribution is 2.68. The van der Waals surface area contributed by atoms with E-state index >= 15 is 0 Å². The van der Waals surface area contributed by atoms with Crippen LogP contribution in [-0.2, 0) is 15.8 Å². The summed E-state index contributed by atoms with van der Waals surface area (Å²) in [7, 11) is 0. The minimum atomic E-state index is -4.60. The molecule has 4 aliphatic rings. The monoisotopic (exact) mass is 588 g/mol. The van der Waals surface area contributed by atoms with E-state index in [0.717, 1.165) is 43.8 Å². The van der Waals surface area contributed by atoms with Crippen molar-refractivity contribution < 1.29 is 32.6 Å². The van der Waals surface area contributed by atoms with Crippen molar-refractivity contribution in [2.24, 2.45) is 29.6 Å². The third-order valence-corrected chi connectivity index (χ3v) is 11.4. The molecule has 0 spiro atoms. The summed E-state index contributed by atoms with van der Waals surface area (Å²) in [4.78, 5) is 44.5. The molecule has 7 rings (SSSR count). The van der Waals surface area contributed by atoms with Crippen LogP contribution in [0.4, 0.5) is 18.9 Å². The van der Waals surface area contributed by atoms with Crippen molar-refractivity contribution in [3.8, 4) is 11.5 Å². The number of fused-ring (bicyclic) bond motifs is 9. The van der Waals surface area contributed by atoms with Gasteiger partial charge in [0.2, 0.25) is 11.8 Å².